The molecule has 0 amide bonds. The van der Waals surface area contributed by atoms with Crippen LogP contribution in [0.2, 0.25) is 0 Å². The topological polar surface area (TPSA) is 46.5 Å². The molecule has 3 aromatic carbocycles. The van der Waals surface area contributed by atoms with Gasteiger partial charge in [0.2, 0.25) is 0 Å². The van der Waals surface area contributed by atoms with Crippen molar-refractivity contribution in [2.24, 2.45) is 5.41 Å². The van der Waals surface area contributed by atoms with Crippen molar-refractivity contribution in [3.8, 4) is 21.9 Å². The molecule has 0 aliphatic rings. The van der Waals surface area contributed by atoms with E-state index in [4.69, 9.17) is 4.74 Å². The van der Waals surface area contributed by atoms with E-state index in [1.54, 1.807) is 47.7 Å². The highest BCUT2D eigenvalue weighted by atomic mass is 32.1. The number of rotatable bonds is 14. The van der Waals surface area contributed by atoms with Crippen molar-refractivity contribution in [2.45, 2.75) is 77.8 Å². The van der Waals surface area contributed by atoms with E-state index in [1.165, 1.54) is 0 Å². The van der Waals surface area contributed by atoms with Crippen LogP contribution in [0.1, 0.15) is 80.3 Å². The molecule has 0 spiro atoms. The second kappa shape index (κ2) is 13.7. The van der Waals surface area contributed by atoms with Crippen LogP contribution in [0.15, 0.2) is 66.7 Å². The number of phenolic OH excluding ortho intramolecular Hbond substituents is 1. The number of unbranched alkanes of at least 4 members (excludes halogenated alkanes) is 2. The standard InChI is InChI=1S/C35H37F5O3S/c1-23-8-17-28-29(22-23)44-32(25-9-13-26(41)14-10-25)30(28)31(42)24-11-15-27(16-12-24)43-21-6-4-5-18-33(2,3)19-7-20-34(36,37)35(38,39)40/h8-17,22,41H,4-7,18-21H2,1-3H3. The van der Waals surface area contributed by atoms with E-state index >= 15 is 0 Å². The molecular weight excluding hydrogens is 595 g/mol. The number of fused-ring (bicyclic) bond motifs is 1. The van der Waals surface area contributed by atoms with Crippen LogP contribution < -0.4 is 4.74 Å². The summed E-state index contributed by atoms with van der Waals surface area (Å²) in [5, 5.41) is 10.6. The Balaban J connectivity index is 1.29. The van der Waals surface area contributed by atoms with Gasteiger partial charge in [0.25, 0.3) is 0 Å². The Morgan fingerprint density at radius 1 is 0.818 bits per heavy atom. The Labute approximate surface area is 258 Å². The normalized spacial score (nSPS) is 12.5. The van der Waals surface area contributed by atoms with Crippen molar-refractivity contribution >= 4 is 27.2 Å². The lowest BCUT2D eigenvalue weighted by molar-refractivity contribution is -0.284. The van der Waals surface area contributed by atoms with Gasteiger partial charge in [0.05, 0.1) is 6.61 Å². The van der Waals surface area contributed by atoms with E-state index in [0.717, 1.165) is 51.8 Å². The van der Waals surface area contributed by atoms with E-state index in [-0.39, 0.29) is 23.4 Å². The van der Waals surface area contributed by atoms with E-state index in [9.17, 15) is 31.9 Å². The first kappa shape index (κ1) is 33.4. The lowest BCUT2D eigenvalue weighted by Crippen LogP contribution is -2.36. The summed E-state index contributed by atoms with van der Waals surface area (Å²) in [6.07, 6.45) is -3.41. The molecule has 0 aliphatic carbocycles. The highest BCUT2D eigenvalue weighted by molar-refractivity contribution is 7.22. The third kappa shape index (κ3) is 8.37. The van der Waals surface area contributed by atoms with E-state index in [1.807, 2.05) is 45.0 Å². The number of hydrogen-bond acceptors (Lipinski definition) is 4. The molecule has 0 saturated heterocycles. The van der Waals surface area contributed by atoms with E-state index < -0.39 is 18.5 Å². The van der Waals surface area contributed by atoms with Crippen LogP contribution in [0.25, 0.3) is 20.5 Å². The minimum atomic E-state index is -5.50. The molecule has 44 heavy (non-hydrogen) atoms. The molecule has 0 aliphatic heterocycles. The van der Waals surface area contributed by atoms with Crippen LogP contribution in [0.4, 0.5) is 22.0 Å². The maximum absolute atomic E-state index is 13.8. The molecule has 1 N–H and O–H groups in total. The number of ether oxygens (including phenoxy) is 1. The van der Waals surface area contributed by atoms with Crippen molar-refractivity contribution in [1.29, 1.82) is 0 Å². The molecule has 236 valence electrons. The van der Waals surface area contributed by atoms with Gasteiger partial charge in [-0.05, 0) is 104 Å². The summed E-state index contributed by atoms with van der Waals surface area (Å²) in [6.45, 7) is 6.26. The van der Waals surface area contributed by atoms with Crippen LogP contribution in [-0.2, 0) is 0 Å². The molecule has 1 heterocycles. The van der Waals surface area contributed by atoms with Crippen molar-refractivity contribution in [2.75, 3.05) is 6.61 Å². The number of hydrogen-bond donors (Lipinski definition) is 1. The third-order valence-corrected chi connectivity index (χ3v) is 9.05. The minimum Gasteiger partial charge on any atom is -0.508 e. The molecule has 0 fully saturated rings. The molecule has 0 saturated carbocycles. The molecule has 4 aromatic rings. The average molecular weight is 633 g/mol. The monoisotopic (exact) mass is 632 g/mol. The Hall–Kier alpha value is -3.46. The number of benzene rings is 3. The number of halogens is 5. The lowest BCUT2D eigenvalue weighted by atomic mass is 9.82. The van der Waals surface area contributed by atoms with Gasteiger partial charge in [-0.2, -0.15) is 22.0 Å². The molecule has 0 atom stereocenters. The van der Waals surface area contributed by atoms with Crippen molar-refractivity contribution in [3.05, 3.63) is 83.4 Å². The fourth-order valence-electron chi connectivity index (χ4n) is 5.22. The Morgan fingerprint density at radius 2 is 1.48 bits per heavy atom. The van der Waals surface area contributed by atoms with E-state index in [0.29, 0.717) is 29.9 Å². The predicted octanol–water partition coefficient (Wildman–Crippen LogP) is 11.1. The molecule has 3 nitrogen and oxygen atoms in total. The van der Waals surface area contributed by atoms with Crippen LogP contribution in [0.5, 0.6) is 11.5 Å². The molecule has 0 bridgehead atoms. The number of aromatic hydroxyl groups is 1. The van der Waals surface area contributed by atoms with Crippen molar-refractivity contribution < 1.29 is 36.6 Å². The van der Waals surface area contributed by atoms with Gasteiger partial charge in [0, 0.05) is 32.5 Å². The SMILES string of the molecule is Cc1ccc2c(C(=O)c3ccc(OCCCCCC(C)(C)CCCC(F)(F)C(F)(F)F)cc3)c(-c3ccc(O)cc3)sc2c1. The van der Waals surface area contributed by atoms with Crippen LogP contribution in [0.3, 0.4) is 0 Å². The number of alkyl halides is 5. The largest absolute Gasteiger partial charge is 0.508 e. The van der Waals surface area contributed by atoms with Crippen LogP contribution in [0, 0.1) is 12.3 Å². The Bertz CT molecular complexity index is 1550. The summed E-state index contributed by atoms with van der Waals surface area (Å²) < 4.78 is 70.3. The van der Waals surface area contributed by atoms with Gasteiger partial charge in [-0.3, -0.25) is 4.79 Å². The van der Waals surface area contributed by atoms with Crippen molar-refractivity contribution in [3.63, 3.8) is 0 Å². The number of ketones is 1. The Kier molecular flexibility index (Phi) is 10.4. The lowest BCUT2D eigenvalue weighted by Gasteiger charge is -2.26. The first-order chi connectivity index (χ1) is 20.7. The quantitative estimate of drug-likeness (QED) is 0.0855. The number of phenols is 1. The van der Waals surface area contributed by atoms with Crippen molar-refractivity contribution in [1.82, 2.24) is 0 Å². The highest BCUT2D eigenvalue weighted by Crippen LogP contribution is 2.42. The van der Waals surface area contributed by atoms with Gasteiger partial charge >= 0.3 is 12.1 Å². The summed E-state index contributed by atoms with van der Waals surface area (Å²) in [5.74, 6) is -3.94. The summed E-state index contributed by atoms with van der Waals surface area (Å²) in [7, 11) is 0. The van der Waals surface area contributed by atoms with Gasteiger partial charge in [-0.25, -0.2) is 0 Å². The molecular formula is C35H37F5O3S. The summed E-state index contributed by atoms with van der Waals surface area (Å²) >= 11 is 1.55. The fraction of sp³-hybridized carbons (Fsp3) is 0.400. The van der Waals surface area contributed by atoms with Gasteiger partial charge in [-0.1, -0.05) is 38.8 Å². The second-order valence-electron chi connectivity index (χ2n) is 12.1. The number of aryl methyl sites for hydroxylation is 1. The predicted molar refractivity (Wildman–Crippen MR) is 166 cm³/mol. The Morgan fingerprint density at radius 3 is 2.14 bits per heavy atom. The van der Waals surface area contributed by atoms with Gasteiger partial charge in [0.1, 0.15) is 11.5 Å². The maximum Gasteiger partial charge on any atom is 0.453 e. The number of carbonyl (C=O) groups excluding carboxylic acids is 1. The maximum atomic E-state index is 13.8. The summed E-state index contributed by atoms with van der Waals surface area (Å²) in [5.41, 5.74) is 2.80. The van der Waals surface area contributed by atoms with Crippen LogP contribution in [-0.4, -0.2) is 29.6 Å². The van der Waals surface area contributed by atoms with Crippen LogP contribution >= 0.6 is 11.3 Å². The minimum absolute atomic E-state index is 0.0977. The summed E-state index contributed by atoms with van der Waals surface area (Å²) in [4.78, 5) is 14.6. The molecule has 0 radical (unpaired) electrons. The zero-order valence-corrected chi connectivity index (χ0v) is 25.9. The van der Waals surface area contributed by atoms with E-state index in [2.05, 4.69) is 6.07 Å². The average Bonchev–Trinajstić information content (AvgIpc) is 3.32. The molecule has 9 heteroatoms. The number of thiophene rings is 1. The molecule has 4 rings (SSSR count). The third-order valence-electron chi connectivity index (χ3n) is 7.84. The second-order valence-corrected chi connectivity index (χ2v) is 13.1. The molecule has 1 aromatic heterocycles. The zero-order chi connectivity index (χ0) is 32.1. The smallest absolute Gasteiger partial charge is 0.453 e. The highest BCUT2D eigenvalue weighted by Gasteiger charge is 2.56. The molecule has 0 unspecified atom stereocenters. The fourth-order valence-corrected chi connectivity index (χ4v) is 6.52. The summed E-state index contributed by atoms with van der Waals surface area (Å²) in [6, 6.07) is 19.9. The van der Waals surface area contributed by atoms with Gasteiger partial charge < -0.3 is 9.84 Å². The zero-order valence-electron chi connectivity index (χ0n) is 25.1. The first-order valence-corrected chi connectivity index (χ1v) is 15.5. The first-order valence-electron chi connectivity index (χ1n) is 14.7. The number of carbonyl (C=O) groups is 1. The van der Waals surface area contributed by atoms with Gasteiger partial charge in [-0.15, -0.1) is 11.3 Å². The van der Waals surface area contributed by atoms with Gasteiger partial charge in [0.15, 0.2) is 5.78 Å².